The number of hydrogen-bond acceptors (Lipinski definition) is 3. The van der Waals surface area contributed by atoms with Crippen molar-refractivity contribution in [1.82, 2.24) is 10.6 Å². The molecule has 1 aliphatic rings. The third kappa shape index (κ3) is 4.20. The Hall–Kier alpha value is -1.10. The van der Waals surface area contributed by atoms with Gasteiger partial charge in [-0.05, 0) is 25.8 Å². The first-order chi connectivity index (χ1) is 8.56. The van der Waals surface area contributed by atoms with E-state index in [1.165, 1.54) is 5.56 Å². The molecule has 1 heterocycles. The average Bonchev–Trinajstić information content (AvgIpc) is 2.76. The molecule has 1 aliphatic heterocycles. The second kappa shape index (κ2) is 6.89. The monoisotopic (exact) mass is 284 g/mol. The van der Waals surface area contributed by atoms with E-state index in [2.05, 4.69) is 10.6 Å². The lowest BCUT2D eigenvalue weighted by Gasteiger charge is -2.17. The average molecular weight is 285 g/mol. The van der Waals surface area contributed by atoms with Gasteiger partial charge in [-0.25, -0.2) is 0 Å². The zero-order valence-corrected chi connectivity index (χ0v) is 12.0. The van der Waals surface area contributed by atoms with Crippen LogP contribution in [0.5, 0.6) is 0 Å². The van der Waals surface area contributed by atoms with Crippen molar-refractivity contribution in [3.8, 4) is 0 Å². The second-order valence-corrected chi connectivity index (χ2v) is 4.99. The molecule has 3 unspecified atom stereocenters. The normalized spacial score (nSPS) is 23.5. The number of halogens is 1. The molecule has 1 aromatic carbocycles. The van der Waals surface area contributed by atoms with Crippen molar-refractivity contribution < 1.29 is 9.90 Å². The fraction of sp³-hybridized carbons (Fsp3) is 0.500. The van der Waals surface area contributed by atoms with Gasteiger partial charge in [0.25, 0.3) is 0 Å². The van der Waals surface area contributed by atoms with E-state index < -0.39 is 6.10 Å². The van der Waals surface area contributed by atoms with Gasteiger partial charge >= 0.3 is 0 Å². The lowest BCUT2D eigenvalue weighted by atomic mass is 10.1. The topological polar surface area (TPSA) is 61.4 Å². The van der Waals surface area contributed by atoms with Crippen molar-refractivity contribution in [2.24, 2.45) is 0 Å². The summed E-state index contributed by atoms with van der Waals surface area (Å²) < 4.78 is 0. The fourth-order valence-electron chi connectivity index (χ4n) is 2.17. The zero-order chi connectivity index (χ0) is 13.1. The van der Waals surface area contributed by atoms with Crippen LogP contribution in [0.15, 0.2) is 24.3 Å². The van der Waals surface area contributed by atoms with Crippen LogP contribution in [-0.2, 0) is 4.79 Å². The molecule has 2 rings (SSSR count). The molecule has 5 heteroatoms. The number of carbonyl (C=O) groups is 1. The van der Waals surface area contributed by atoms with Crippen LogP contribution in [0.1, 0.15) is 30.5 Å². The third-order valence-electron chi connectivity index (χ3n) is 3.36. The molecule has 3 N–H and O–H groups in total. The molecule has 0 aliphatic carbocycles. The van der Waals surface area contributed by atoms with Crippen molar-refractivity contribution in [3.05, 3.63) is 35.4 Å². The molecule has 106 valence electrons. The van der Waals surface area contributed by atoms with Crippen LogP contribution in [-0.4, -0.2) is 29.7 Å². The molecule has 1 amide bonds. The van der Waals surface area contributed by atoms with Crippen molar-refractivity contribution in [2.75, 3.05) is 6.54 Å². The Kier molecular flexibility index (Phi) is 5.79. The molecule has 3 atom stereocenters. The predicted molar refractivity (Wildman–Crippen MR) is 77.4 cm³/mol. The summed E-state index contributed by atoms with van der Waals surface area (Å²) in [5, 5.41) is 15.4. The molecule has 1 saturated heterocycles. The summed E-state index contributed by atoms with van der Waals surface area (Å²) in [6.07, 6.45) is 0.0855. The van der Waals surface area contributed by atoms with E-state index in [1.807, 2.05) is 38.1 Å². The van der Waals surface area contributed by atoms with Gasteiger partial charge in [0.2, 0.25) is 5.91 Å². The molecule has 0 spiro atoms. The smallest absolute Gasteiger partial charge is 0.237 e. The highest BCUT2D eigenvalue weighted by Gasteiger charge is 2.28. The summed E-state index contributed by atoms with van der Waals surface area (Å²) in [6.45, 7) is 4.50. The van der Waals surface area contributed by atoms with Crippen LogP contribution in [0.3, 0.4) is 0 Å². The Labute approximate surface area is 120 Å². The molecular weight excluding hydrogens is 264 g/mol. The summed E-state index contributed by atoms with van der Waals surface area (Å²) in [7, 11) is 0. The number of aliphatic hydroxyl groups is 1. The van der Waals surface area contributed by atoms with E-state index in [4.69, 9.17) is 0 Å². The first-order valence-corrected chi connectivity index (χ1v) is 6.34. The molecule has 0 radical (unpaired) electrons. The Morgan fingerprint density at radius 2 is 2.05 bits per heavy atom. The van der Waals surface area contributed by atoms with Crippen LogP contribution in [0, 0.1) is 6.92 Å². The van der Waals surface area contributed by atoms with Gasteiger partial charge in [-0.1, -0.05) is 29.8 Å². The number of carbonyl (C=O) groups excluding carboxylic acids is 1. The summed E-state index contributed by atoms with van der Waals surface area (Å²) in [5.74, 6) is -0.0420. The molecule has 0 saturated carbocycles. The van der Waals surface area contributed by atoms with E-state index >= 15 is 0 Å². The van der Waals surface area contributed by atoms with Crippen molar-refractivity contribution in [2.45, 2.75) is 38.5 Å². The number of nitrogens with one attached hydrogen (secondary N) is 2. The fourth-order valence-corrected chi connectivity index (χ4v) is 2.17. The van der Waals surface area contributed by atoms with Crippen LogP contribution in [0.4, 0.5) is 0 Å². The Morgan fingerprint density at radius 1 is 1.42 bits per heavy atom. The quantitative estimate of drug-likeness (QED) is 0.784. The van der Waals surface area contributed by atoms with E-state index in [0.29, 0.717) is 13.0 Å². The molecule has 0 aromatic heterocycles. The van der Waals surface area contributed by atoms with E-state index in [-0.39, 0.29) is 30.4 Å². The maximum Gasteiger partial charge on any atom is 0.237 e. The number of benzene rings is 1. The minimum atomic E-state index is -0.407. The highest BCUT2D eigenvalue weighted by atomic mass is 35.5. The van der Waals surface area contributed by atoms with Gasteiger partial charge in [-0.2, -0.15) is 0 Å². The van der Waals surface area contributed by atoms with Crippen LogP contribution in [0.2, 0.25) is 0 Å². The first kappa shape index (κ1) is 16.0. The van der Waals surface area contributed by atoms with E-state index in [1.54, 1.807) is 0 Å². The van der Waals surface area contributed by atoms with Gasteiger partial charge < -0.3 is 15.7 Å². The molecular formula is C14H21ClN2O2. The molecule has 19 heavy (non-hydrogen) atoms. The van der Waals surface area contributed by atoms with Crippen molar-refractivity contribution in [1.29, 1.82) is 0 Å². The van der Waals surface area contributed by atoms with E-state index in [9.17, 15) is 9.90 Å². The predicted octanol–water partition coefficient (Wildman–Crippen LogP) is 1.32. The van der Waals surface area contributed by atoms with Gasteiger partial charge in [-0.3, -0.25) is 4.79 Å². The van der Waals surface area contributed by atoms with Gasteiger partial charge in [0.05, 0.1) is 18.2 Å². The Morgan fingerprint density at radius 3 is 2.58 bits per heavy atom. The number of amides is 1. The Bertz CT molecular complexity index is 422. The summed E-state index contributed by atoms with van der Waals surface area (Å²) in [6, 6.07) is 7.84. The van der Waals surface area contributed by atoms with Gasteiger partial charge in [0.15, 0.2) is 0 Å². The number of aliphatic hydroxyl groups excluding tert-OH is 1. The van der Waals surface area contributed by atoms with Gasteiger partial charge in [0.1, 0.15) is 0 Å². The van der Waals surface area contributed by atoms with Gasteiger partial charge in [0, 0.05) is 6.54 Å². The van der Waals surface area contributed by atoms with Gasteiger partial charge in [-0.15, -0.1) is 12.4 Å². The summed E-state index contributed by atoms with van der Waals surface area (Å²) >= 11 is 0. The molecule has 1 aromatic rings. The van der Waals surface area contributed by atoms with E-state index in [0.717, 1.165) is 5.56 Å². The Balaban J connectivity index is 0.00000180. The maximum atomic E-state index is 12.0. The SMILES string of the molecule is Cc1ccc(C(C)NC(=O)C2CC(O)CN2)cc1.Cl. The molecule has 4 nitrogen and oxygen atoms in total. The van der Waals surface area contributed by atoms with Crippen molar-refractivity contribution >= 4 is 18.3 Å². The number of β-amino-alcohol motifs (C(OH)–C–C–N with tert-alkyl or cyclic N) is 1. The number of hydrogen-bond donors (Lipinski definition) is 3. The second-order valence-electron chi connectivity index (χ2n) is 4.99. The van der Waals surface area contributed by atoms with Crippen LogP contribution in [0.25, 0.3) is 0 Å². The summed E-state index contributed by atoms with van der Waals surface area (Å²) in [4.78, 5) is 12.0. The third-order valence-corrected chi connectivity index (χ3v) is 3.36. The number of rotatable bonds is 3. The highest BCUT2D eigenvalue weighted by molar-refractivity contribution is 5.85. The lowest BCUT2D eigenvalue weighted by molar-refractivity contribution is -0.123. The van der Waals surface area contributed by atoms with Crippen molar-refractivity contribution in [3.63, 3.8) is 0 Å². The first-order valence-electron chi connectivity index (χ1n) is 6.34. The summed E-state index contributed by atoms with van der Waals surface area (Å²) in [5.41, 5.74) is 2.30. The minimum Gasteiger partial charge on any atom is -0.392 e. The largest absolute Gasteiger partial charge is 0.392 e. The van der Waals surface area contributed by atoms with Crippen LogP contribution >= 0.6 is 12.4 Å². The lowest BCUT2D eigenvalue weighted by Crippen LogP contribution is -2.41. The highest BCUT2D eigenvalue weighted by Crippen LogP contribution is 2.14. The standard InChI is InChI=1S/C14H20N2O2.ClH/c1-9-3-5-11(6-4-9)10(2)16-14(18)13-7-12(17)8-15-13;/h3-6,10,12-13,15,17H,7-8H2,1-2H3,(H,16,18);1H. The zero-order valence-electron chi connectivity index (χ0n) is 11.2. The molecule has 1 fully saturated rings. The molecule has 0 bridgehead atoms. The maximum absolute atomic E-state index is 12.0. The minimum absolute atomic E-state index is 0. The van der Waals surface area contributed by atoms with Crippen LogP contribution < -0.4 is 10.6 Å². The number of aryl methyl sites for hydroxylation is 1.